The molecular formula is C17H16N4O3S. The Hall–Kier alpha value is -3.00. The molecular weight excluding hydrogens is 340 g/mol. The minimum atomic E-state index is -0.500. The molecule has 25 heavy (non-hydrogen) atoms. The highest BCUT2D eigenvalue weighted by Gasteiger charge is 2.17. The number of thiophene rings is 1. The summed E-state index contributed by atoms with van der Waals surface area (Å²) in [5.74, 6) is -0.329. The minimum absolute atomic E-state index is 0.0468. The highest BCUT2D eigenvalue weighted by Crippen LogP contribution is 2.24. The third-order valence-electron chi connectivity index (χ3n) is 3.86. The molecule has 8 heteroatoms. The molecule has 1 aromatic carbocycles. The van der Waals surface area contributed by atoms with Crippen molar-refractivity contribution in [3.8, 4) is 5.69 Å². The summed E-state index contributed by atoms with van der Waals surface area (Å²) in [6.45, 7) is 4.16. The van der Waals surface area contributed by atoms with Gasteiger partial charge in [0.1, 0.15) is 0 Å². The molecule has 0 atom stereocenters. The summed E-state index contributed by atoms with van der Waals surface area (Å²) in [5, 5.41) is 18.0. The van der Waals surface area contributed by atoms with Crippen LogP contribution >= 0.6 is 11.3 Å². The average molecular weight is 356 g/mol. The summed E-state index contributed by atoms with van der Waals surface area (Å²) in [5.41, 5.74) is 3.66. The Bertz CT molecular complexity index is 931. The SMILES string of the molecule is Cc1nn(-c2ccccc2)c(C)c1CNC(=O)c1ccc([N+](=O)[O-])s1. The van der Waals surface area contributed by atoms with Crippen LogP contribution in [0.25, 0.3) is 5.69 Å². The van der Waals surface area contributed by atoms with E-state index in [4.69, 9.17) is 0 Å². The Morgan fingerprint density at radius 3 is 2.60 bits per heavy atom. The van der Waals surface area contributed by atoms with Crippen molar-refractivity contribution in [2.45, 2.75) is 20.4 Å². The van der Waals surface area contributed by atoms with Crippen LogP contribution in [0.15, 0.2) is 42.5 Å². The van der Waals surface area contributed by atoms with Gasteiger partial charge in [-0.25, -0.2) is 4.68 Å². The molecule has 3 rings (SSSR count). The fourth-order valence-electron chi connectivity index (χ4n) is 2.56. The predicted octanol–water partition coefficient (Wildman–Crippen LogP) is 3.39. The second-order valence-corrected chi connectivity index (χ2v) is 6.54. The highest BCUT2D eigenvalue weighted by molar-refractivity contribution is 7.17. The van der Waals surface area contributed by atoms with Crippen LogP contribution in [-0.4, -0.2) is 20.6 Å². The number of rotatable bonds is 5. The molecule has 0 bridgehead atoms. The molecule has 0 unspecified atom stereocenters. The van der Waals surface area contributed by atoms with Gasteiger partial charge in [0, 0.05) is 23.9 Å². The second kappa shape index (κ2) is 6.86. The smallest absolute Gasteiger partial charge is 0.324 e. The van der Waals surface area contributed by atoms with E-state index in [0.29, 0.717) is 11.4 Å². The number of hydrogen-bond donors (Lipinski definition) is 1. The first-order valence-corrected chi connectivity index (χ1v) is 8.42. The van der Waals surface area contributed by atoms with Gasteiger partial charge in [-0.2, -0.15) is 5.10 Å². The quantitative estimate of drug-likeness (QED) is 0.560. The number of nitrogens with zero attached hydrogens (tertiary/aromatic N) is 3. The van der Waals surface area contributed by atoms with Gasteiger partial charge in [-0.05, 0) is 32.0 Å². The van der Waals surface area contributed by atoms with E-state index >= 15 is 0 Å². The first-order chi connectivity index (χ1) is 12.0. The molecule has 2 heterocycles. The van der Waals surface area contributed by atoms with Gasteiger partial charge in [0.2, 0.25) is 0 Å². The van der Waals surface area contributed by atoms with Crippen molar-refractivity contribution in [1.82, 2.24) is 15.1 Å². The molecule has 7 nitrogen and oxygen atoms in total. The van der Waals surface area contributed by atoms with Crippen molar-refractivity contribution in [2.24, 2.45) is 0 Å². The van der Waals surface area contributed by atoms with Crippen LogP contribution in [0, 0.1) is 24.0 Å². The van der Waals surface area contributed by atoms with Crippen LogP contribution in [0.3, 0.4) is 0 Å². The number of nitrogens with one attached hydrogen (secondary N) is 1. The first-order valence-electron chi connectivity index (χ1n) is 7.60. The standard InChI is InChI=1S/C17H16N4O3S/c1-11-14(12(2)20(19-11)13-6-4-3-5-7-13)10-18-17(22)15-8-9-16(25-15)21(23)24/h3-9H,10H2,1-2H3,(H,18,22). The summed E-state index contributed by atoms with van der Waals surface area (Å²) >= 11 is 0.863. The molecule has 2 aromatic heterocycles. The number of nitro groups is 1. The lowest BCUT2D eigenvalue weighted by Crippen LogP contribution is -2.22. The van der Waals surface area contributed by atoms with Crippen molar-refractivity contribution in [1.29, 1.82) is 0 Å². The van der Waals surface area contributed by atoms with Gasteiger partial charge >= 0.3 is 5.00 Å². The van der Waals surface area contributed by atoms with Crippen LogP contribution in [0.5, 0.6) is 0 Å². The zero-order chi connectivity index (χ0) is 18.0. The third-order valence-corrected chi connectivity index (χ3v) is 4.90. The van der Waals surface area contributed by atoms with Gasteiger partial charge in [0.05, 0.1) is 21.2 Å². The van der Waals surface area contributed by atoms with Gasteiger partial charge in [-0.1, -0.05) is 29.5 Å². The normalized spacial score (nSPS) is 10.6. The van der Waals surface area contributed by atoms with Crippen molar-refractivity contribution >= 4 is 22.2 Å². The topological polar surface area (TPSA) is 90.1 Å². The van der Waals surface area contributed by atoms with Gasteiger partial charge in [0.15, 0.2) is 0 Å². The Morgan fingerprint density at radius 1 is 1.24 bits per heavy atom. The molecule has 128 valence electrons. The zero-order valence-corrected chi connectivity index (χ0v) is 14.5. The number of carbonyl (C=O) groups excluding carboxylic acids is 1. The van der Waals surface area contributed by atoms with Gasteiger partial charge in [-0.15, -0.1) is 0 Å². The van der Waals surface area contributed by atoms with Crippen molar-refractivity contribution in [3.63, 3.8) is 0 Å². The maximum Gasteiger partial charge on any atom is 0.324 e. The van der Waals surface area contributed by atoms with E-state index in [2.05, 4.69) is 10.4 Å². The average Bonchev–Trinajstić information content (AvgIpc) is 3.20. The molecule has 0 fully saturated rings. The zero-order valence-electron chi connectivity index (χ0n) is 13.7. The number of aryl methyl sites for hydroxylation is 1. The lowest BCUT2D eigenvalue weighted by molar-refractivity contribution is -0.380. The predicted molar refractivity (Wildman–Crippen MR) is 95.2 cm³/mol. The third kappa shape index (κ3) is 3.43. The van der Waals surface area contributed by atoms with E-state index in [0.717, 1.165) is 34.0 Å². The Kier molecular flexibility index (Phi) is 4.62. The summed E-state index contributed by atoms with van der Waals surface area (Å²) in [7, 11) is 0. The Morgan fingerprint density at radius 2 is 1.96 bits per heavy atom. The largest absolute Gasteiger partial charge is 0.347 e. The van der Waals surface area contributed by atoms with Crippen molar-refractivity contribution < 1.29 is 9.72 Å². The van der Waals surface area contributed by atoms with Crippen LogP contribution in [-0.2, 0) is 6.54 Å². The fraction of sp³-hybridized carbons (Fsp3) is 0.176. The van der Waals surface area contributed by atoms with E-state index in [1.807, 2.05) is 48.9 Å². The molecule has 0 saturated carbocycles. The van der Waals surface area contributed by atoms with Crippen molar-refractivity contribution in [3.05, 3.63) is 74.4 Å². The van der Waals surface area contributed by atoms with Crippen LogP contribution in [0.1, 0.15) is 26.6 Å². The van der Waals surface area contributed by atoms with E-state index in [-0.39, 0.29) is 10.9 Å². The van der Waals surface area contributed by atoms with Crippen LogP contribution < -0.4 is 5.32 Å². The molecule has 3 aromatic rings. The number of carbonyl (C=O) groups is 1. The molecule has 0 aliphatic rings. The first kappa shape index (κ1) is 16.8. The molecule has 0 aliphatic heterocycles. The summed E-state index contributed by atoms with van der Waals surface area (Å²) in [4.78, 5) is 22.7. The molecule has 0 saturated heterocycles. The fourth-order valence-corrected chi connectivity index (χ4v) is 3.29. The molecule has 0 radical (unpaired) electrons. The summed E-state index contributed by atoms with van der Waals surface area (Å²) < 4.78 is 1.84. The van der Waals surface area contributed by atoms with Gasteiger partial charge in [-0.3, -0.25) is 14.9 Å². The summed E-state index contributed by atoms with van der Waals surface area (Å²) in [6, 6.07) is 12.6. The number of para-hydroxylation sites is 1. The van der Waals surface area contributed by atoms with E-state index in [1.54, 1.807) is 0 Å². The van der Waals surface area contributed by atoms with E-state index < -0.39 is 4.92 Å². The maximum atomic E-state index is 12.2. The molecule has 1 amide bonds. The molecule has 0 aliphatic carbocycles. The maximum absolute atomic E-state index is 12.2. The van der Waals surface area contributed by atoms with Gasteiger partial charge < -0.3 is 5.32 Å². The number of benzene rings is 1. The molecule has 0 spiro atoms. The Balaban J connectivity index is 1.76. The lowest BCUT2D eigenvalue weighted by Gasteiger charge is -2.06. The number of amides is 1. The summed E-state index contributed by atoms with van der Waals surface area (Å²) in [6.07, 6.45) is 0. The van der Waals surface area contributed by atoms with Gasteiger partial charge in [0.25, 0.3) is 5.91 Å². The van der Waals surface area contributed by atoms with Crippen LogP contribution in [0.2, 0.25) is 0 Å². The van der Waals surface area contributed by atoms with E-state index in [1.165, 1.54) is 12.1 Å². The Labute approximate surface area is 148 Å². The van der Waals surface area contributed by atoms with Crippen molar-refractivity contribution in [2.75, 3.05) is 0 Å². The number of hydrogen-bond acceptors (Lipinski definition) is 5. The van der Waals surface area contributed by atoms with Crippen LogP contribution in [0.4, 0.5) is 5.00 Å². The second-order valence-electron chi connectivity index (χ2n) is 5.47. The highest BCUT2D eigenvalue weighted by atomic mass is 32.1. The number of aromatic nitrogens is 2. The monoisotopic (exact) mass is 356 g/mol. The van der Waals surface area contributed by atoms with E-state index in [9.17, 15) is 14.9 Å². The minimum Gasteiger partial charge on any atom is -0.347 e. The lowest BCUT2D eigenvalue weighted by atomic mass is 10.2. The molecule has 1 N–H and O–H groups in total.